The summed E-state index contributed by atoms with van der Waals surface area (Å²) in [4.78, 5) is 3.50. The van der Waals surface area contributed by atoms with E-state index in [9.17, 15) is 8.78 Å². The van der Waals surface area contributed by atoms with E-state index in [1.165, 1.54) is 6.07 Å². The highest BCUT2D eigenvalue weighted by molar-refractivity contribution is 6.66. The van der Waals surface area contributed by atoms with Crippen LogP contribution in [0.2, 0.25) is 0 Å². The molecule has 0 amide bonds. The van der Waals surface area contributed by atoms with E-state index in [2.05, 4.69) is 4.99 Å². The number of nitrogens with zero attached hydrogens (tertiary/aromatic N) is 1. The van der Waals surface area contributed by atoms with Crippen LogP contribution in [0.1, 0.15) is 5.56 Å². The molecule has 0 saturated heterocycles. The second-order valence-corrected chi connectivity index (χ2v) is 2.91. The Balaban J connectivity index is 3.01. The largest absolute Gasteiger partial charge is 0.392 e. The summed E-state index contributed by atoms with van der Waals surface area (Å²) in [6.07, 6.45) is -2.79. The van der Waals surface area contributed by atoms with Crippen molar-refractivity contribution in [2.75, 3.05) is 0 Å². The average Bonchev–Trinajstić information content (AvgIpc) is 2.18. The topological polar surface area (TPSA) is 32.6 Å². The Bertz CT molecular complexity index is 341. The normalized spacial score (nSPS) is 12.2. The number of hydrogen-bond acceptors (Lipinski definition) is 2. The maximum Gasteiger partial charge on any atom is 0.290 e. The average molecular weight is 220 g/mol. The van der Waals surface area contributed by atoms with Crippen LogP contribution >= 0.6 is 11.6 Å². The van der Waals surface area contributed by atoms with Crippen molar-refractivity contribution >= 4 is 22.5 Å². The summed E-state index contributed by atoms with van der Waals surface area (Å²) >= 11 is 5.20. The van der Waals surface area contributed by atoms with Gasteiger partial charge in [-0.15, -0.1) is 0 Å². The van der Waals surface area contributed by atoms with Gasteiger partial charge in [-0.1, -0.05) is 29.8 Å². The fourth-order valence-corrected chi connectivity index (χ4v) is 1.01. The smallest absolute Gasteiger partial charge is 0.290 e. The Morgan fingerprint density at radius 1 is 1.43 bits per heavy atom. The van der Waals surface area contributed by atoms with Crippen molar-refractivity contribution in [1.29, 1.82) is 0 Å². The third-order valence-electron chi connectivity index (χ3n) is 1.57. The summed E-state index contributed by atoms with van der Waals surface area (Å²) in [6.45, 7) is -0.257. The first-order chi connectivity index (χ1) is 6.65. The molecule has 0 aliphatic rings. The molecule has 0 bridgehead atoms. The minimum Gasteiger partial charge on any atom is -0.392 e. The van der Waals surface area contributed by atoms with Gasteiger partial charge in [0.15, 0.2) is 5.17 Å². The van der Waals surface area contributed by atoms with Crippen LogP contribution in [0.3, 0.4) is 0 Å². The molecule has 5 heteroatoms. The summed E-state index contributed by atoms with van der Waals surface area (Å²) in [5, 5.41) is 8.10. The number of benzene rings is 1. The zero-order valence-electron chi connectivity index (χ0n) is 7.12. The van der Waals surface area contributed by atoms with E-state index in [4.69, 9.17) is 16.7 Å². The van der Waals surface area contributed by atoms with E-state index < -0.39 is 11.6 Å². The fourth-order valence-electron chi connectivity index (χ4n) is 0.917. The van der Waals surface area contributed by atoms with Crippen LogP contribution in [-0.4, -0.2) is 16.7 Å². The number of para-hydroxylation sites is 1. The lowest BCUT2D eigenvalue weighted by Gasteiger charge is -2.02. The third-order valence-corrected chi connectivity index (χ3v) is 1.82. The van der Waals surface area contributed by atoms with Crippen LogP contribution in [-0.2, 0) is 6.61 Å². The number of rotatable bonds is 3. The molecule has 0 atom stereocenters. The maximum absolute atomic E-state index is 12.0. The Morgan fingerprint density at radius 3 is 2.64 bits per heavy atom. The van der Waals surface area contributed by atoms with Crippen molar-refractivity contribution in [2.24, 2.45) is 4.99 Å². The molecule has 76 valence electrons. The first-order valence-electron chi connectivity index (χ1n) is 3.86. The van der Waals surface area contributed by atoms with Gasteiger partial charge in [0.25, 0.3) is 6.43 Å². The summed E-state index contributed by atoms with van der Waals surface area (Å²) < 4.78 is 24.0. The van der Waals surface area contributed by atoms with Gasteiger partial charge < -0.3 is 5.11 Å². The van der Waals surface area contributed by atoms with Gasteiger partial charge >= 0.3 is 0 Å². The standard InChI is InChI=1S/C9H8ClF2NO/c10-8(9(11)12)13-7-4-2-1-3-6(7)5-14/h1-4,9,14H,5H2. The van der Waals surface area contributed by atoms with Gasteiger partial charge in [-0.25, -0.2) is 13.8 Å². The molecule has 0 fully saturated rings. The molecular formula is C9H8ClF2NO. The highest BCUT2D eigenvalue weighted by Crippen LogP contribution is 2.20. The number of halogens is 3. The summed E-state index contributed by atoms with van der Waals surface area (Å²) in [5.41, 5.74) is 0.728. The molecule has 0 saturated carbocycles. The molecule has 2 nitrogen and oxygen atoms in total. The van der Waals surface area contributed by atoms with Gasteiger partial charge in [0.05, 0.1) is 12.3 Å². The molecule has 0 unspecified atom stereocenters. The molecule has 1 N–H and O–H groups in total. The minimum absolute atomic E-state index is 0.257. The van der Waals surface area contributed by atoms with Gasteiger partial charge in [-0.3, -0.25) is 0 Å². The molecular weight excluding hydrogens is 212 g/mol. The molecule has 0 heterocycles. The van der Waals surface area contributed by atoms with E-state index in [0.29, 0.717) is 5.56 Å². The van der Waals surface area contributed by atoms with Crippen LogP contribution < -0.4 is 0 Å². The van der Waals surface area contributed by atoms with Crippen LogP contribution in [0.25, 0.3) is 0 Å². The SMILES string of the molecule is OCc1ccccc1N=C(Cl)C(F)F. The van der Waals surface area contributed by atoms with Crippen LogP contribution in [0.15, 0.2) is 29.3 Å². The lowest BCUT2D eigenvalue weighted by molar-refractivity contribution is 0.229. The Kier molecular flexibility index (Phi) is 3.98. The van der Waals surface area contributed by atoms with Crippen LogP contribution in [0.5, 0.6) is 0 Å². The van der Waals surface area contributed by atoms with E-state index in [0.717, 1.165) is 0 Å². The fraction of sp³-hybridized carbons (Fsp3) is 0.222. The first-order valence-corrected chi connectivity index (χ1v) is 4.24. The molecule has 0 aromatic heterocycles. The van der Waals surface area contributed by atoms with Gasteiger partial charge in [-0.2, -0.15) is 0 Å². The summed E-state index contributed by atoms with van der Waals surface area (Å²) in [7, 11) is 0. The predicted octanol–water partition coefficient (Wildman–Crippen LogP) is 2.71. The van der Waals surface area contributed by atoms with Crippen LogP contribution in [0, 0.1) is 0 Å². The number of aliphatic hydroxyl groups is 1. The predicted molar refractivity (Wildman–Crippen MR) is 51.3 cm³/mol. The van der Waals surface area contributed by atoms with Crippen molar-refractivity contribution in [3.63, 3.8) is 0 Å². The monoisotopic (exact) mass is 219 g/mol. The van der Waals surface area contributed by atoms with Crippen molar-refractivity contribution < 1.29 is 13.9 Å². The van der Waals surface area contributed by atoms with Crippen LogP contribution in [0.4, 0.5) is 14.5 Å². The van der Waals surface area contributed by atoms with Gasteiger partial charge in [0.2, 0.25) is 0 Å². The lowest BCUT2D eigenvalue weighted by Crippen LogP contribution is -2.01. The minimum atomic E-state index is -2.79. The highest BCUT2D eigenvalue weighted by Gasteiger charge is 2.10. The highest BCUT2D eigenvalue weighted by atomic mass is 35.5. The molecule has 1 rings (SSSR count). The van der Waals surface area contributed by atoms with Gasteiger partial charge in [-0.05, 0) is 6.07 Å². The Morgan fingerprint density at radius 2 is 2.07 bits per heavy atom. The molecule has 1 aromatic rings. The van der Waals surface area contributed by atoms with E-state index in [-0.39, 0.29) is 12.3 Å². The van der Waals surface area contributed by atoms with E-state index in [1.54, 1.807) is 18.2 Å². The second kappa shape index (κ2) is 5.02. The zero-order chi connectivity index (χ0) is 10.6. The second-order valence-electron chi connectivity index (χ2n) is 2.52. The molecule has 1 aromatic carbocycles. The van der Waals surface area contributed by atoms with Crippen molar-refractivity contribution in [2.45, 2.75) is 13.0 Å². The quantitative estimate of drug-likeness (QED) is 0.779. The molecule has 14 heavy (non-hydrogen) atoms. The van der Waals surface area contributed by atoms with Crippen molar-refractivity contribution in [3.05, 3.63) is 29.8 Å². The third kappa shape index (κ3) is 2.75. The summed E-state index contributed by atoms with van der Waals surface area (Å²) in [6, 6.07) is 6.42. The Labute approximate surface area is 84.9 Å². The molecule has 0 spiro atoms. The lowest BCUT2D eigenvalue weighted by atomic mass is 10.2. The number of hydrogen-bond donors (Lipinski definition) is 1. The molecule has 0 aliphatic carbocycles. The molecule has 0 radical (unpaired) electrons. The Hall–Kier alpha value is -1.00. The molecule has 0 aliphatic heterocycles. The van der Waals surface area contributed by atoms with Gasteiger partial charge in [0.1, 0.15) is 0 Å². The van der Waals surface area contributed by atoms with E-state index >= 15 is 0 Å². The van der Waals surface area contributed by atoms with Crippen molar-refractivity contribution in [3.8, 4) is 0 Å². The number of alkyl halides is 2. The van der Waals surface area contributed by atoms with Gasteiger partial charge in [0, 0.05) is 5.56 Å². The first kappa shape index (κ1) is 11.1. The number of aliphatic hydroxyl groups excluding tert-OH is 1. The maximum atomic E-state index is 12.0. The summed E-state index contributed by atoms with van der Waals surface area (Å²) in [5.74, 6) is 0. The number of aliphatic imine (C=N–C) groups is 1. The van der Waals surface area contributed by atoms with E-state index in [1.807, 2.05) is 0 Å². The van der Waals surface area contributed by atoms with Crippen molar-refractivity contribution in [1.82, 2.24) is 0 Å². The zero-order valence-corrected chi connectivity index (χ0v) is 7.88.